The Morgan fingerprint density at radius 3 is 2.25 bits per heavy atom. The molecule has 0 bridgehead atoms. The lowest BCUT2D eigenvalue weighted by atomic mass is 10.1. The number of rotatable bonds is 2. The molecule has 3 nitrogen and oxygen atoms in total. The molecule has 3 N–H and O–H groups in total. The van der Waals surface area contributed by atoms with Gasteiger partial charge in [-0.1, -0.05) is 13.8 Å². The molecule has 12 heavy (non-hydrogen) atoms. The molecule has 1 fully saturated rings. The lowest BCUT2D eigenvalue weighted by Gasteiger charge is -2.29. The molecule has 1 aliphatic heterocycles. The summed E-state index contributed by atoms with van der Waals surface area (Å²) in [5, 5.41) is 3.14. The lowest BCUT2D eigenvalue weighted by Crippen LogP contribution is -2.42. The zero-order valence-electron chi connectivity index (χ0n) is 8.64. The summed E-state index contributed by atoms with van der Waals surface area (Å²) in [7, 11) is 1.98. The highest BCUT2D eigenvalue weighted by atomic mass is 15.2. The maximum absolute atomic E-state index is 5.75. The van der Waals surface area contributed by atoms with Crippen molar-refractivity contribution in [2.45, 2.75) is 32.7 Å². The number of hydrogen-bond acceptors (Lipinski definition) is 3. The fourth-order valence-corrected chi connectivity index (χ4v) is 1.33. The molecule has 0 radical (unpaired) electrons. The molecule has 74 valence electrons. The normalized spacial score (nSPS) is 20.0. The third-order valence-corrected chi connectivity index (χ3v) is 2.01. The average Bonchev–Trinajstić information content (AvgIpc) is 2.13. The maximum Gasteiger partial charge on any atom is 0.0478 e. The molecule has 1 saturated heterocycles. The first-order chi connectivity index (χ1) is 5.83. The molecule has 0 aromatic rings. The van der Waals surface area contributed by atoms with Gasteiger partial charge >= 0.3 is 0 Å². The van der Waals surface area contributed by atoms with Gasteiger partial charge in [0.05, 0.1) is 0 Å². The van der Waals surface area contributed by atoms with E-state index in [1.165, 1.54) is 0 Å². The van der Waals surface area contributed by atoms with Crippen LogP contribution in [0.1, 0.15) is 26.7 Å². The summed E-state index contributed by atoms with van der Waals surface area (Å²) in [6, 6.07) is 0.452. The van der Waals surface area contributed by atoms with E-state index in [4.69, 9.17) is 5.73 Å². The van der Waals surface area contributed by atoms with Crippen molar-refractivity contribution in [1.82, 2.24) is 10.2 Å². The van der Waals surface area contributed by atoms with Gasteiger partial charge in [-0.2, -0.15) is 0 Å². The Morgan fingerprint density at radius 2 is 1.83 bits per heavy atom. The van der Waals surface area contributed by atoms with Crippen molar-refractivity contribution < 1.29 is 0 Å². The fourth-order valence-electron chi connectivity index (χ4n) is 1.33. The molecule has 0 aromatic carbocycles. The number of nitrogens with two attached hydrogens (primary N) is 1. The second-order valence-electron chi connectivity index (χ2n) is 2.97. The van der Waals surface area contributed by atoms with Gasteiger partial charge in [0, 0.05) is 25.8 Å². The van der Waals surface area contributed by atoms with Gasteiger partial charge in [-0.05, 0) is 19.9 Å². The lowest BCUT2D eigenvalue weighted by molar-refractivity contribution is 0.204. The molecule has 0 spiro atoms. The van der Waals surface area contributed by atoms with Crippen LogP contribution in [0.15, 0.2) is 0 Å². The van der Waals surface area contributed by atoms with E-state index in [1.54, 1.807) is 0 Å². The van der Waals surface area contributed by atoms with E-state index in [-0.39, 0.29) is 0 Å². The zero-order chi connectivity index (χ0) is 9.40. The van der Waals surface area contributed by atoms with Gasteiger partial charge in [-0.15, -0.1) is 0 Å². The highest BCUT2D eigenvalue weighted by Gasteiger charge is 2.14. The molecule has 1 heterocycles. The molecule has 3 heteroatoms. The highest BCUT2D eigenvalue weighted by Crippen LogP contribution is 2.05. The van der Waals surface area contributed by atoms with E-state index >= 15 is 0 Å². The van der Waals surface area contributed by atoms with E-state index < -0.39 is 0 Å². The topological polar surface area (TPSA) is 41.3 Å². The number of hydrogen-bond donors (Lipinski definition) is 2. The predicted octanol–water partition coefficient (Wildman–Crippen LogP) is 0.613. The van der Waals surface area contributed by atoms with Crippen LogP contribution in [-0.2, 0) is 0 Å². The van der Waals surface area contributed by atoms with E-state index in [1.807, 2.05) is 20.9 Å². The predicted molar refractivity (Wildman–Crippen MR) is 54.1 cm³/mol. The minimum Gasteiger partial charge on any atom is -0.328 e. The number of likely N-dealkylation sites (tertiary alicyclic amines) is 1. The van der Waals surface area contributed by atoms with Crippen molar-refractivity contribution in [3.05, 3.63) is 0 Å². The average molecular weight is 173 g/mol. The van der Waals surface area contributed by atoms with Crippen LogP contribution in [0.5, 0.6) is 0 Å². The van der Waals surface area contributed by atoms with Crippen LogP contribution in [0.25, 0.3) is 0 Å². The van der Waals surface area contributed by atoms with Crippen molar-refractivity contribution in [2.24, 2.45) is 5.73 Å². The van der Waals surface area contributed by atoms with Crippen LogP contribution < -0.4 is 11.1 Å². The first-order valence-electron chi connectivity index (χ1n) is 4.95. The summed E-state index contributed by atoms with van der Waals surface area (Å²) < 4.78 is 0. The van der Waals surface area contributed by atoms with Crippen molar-refractivity contribution in [3.8, 4) is 0 Å². The van der Waals surface area contributed by atoms with Gasteiger partial charge in [0.25, 0.3) is 0 Å². The van der Waals surface area contributed by atoms with Crippen LogP contribution in [0, 0.1) is 0 Å². The summed E-state index contributed by atoms with van der Waals surface area (Å²) in [6.45, 7) is 7.32. The molecule has 0 aliphatic carbocycles. The Hall–Kier alpha value is -0.120. The van der Waals surface area contributed by atoms with Gasteiger partial charge in [0.2, 0.25) is 0 Å². The standard InChI is InChI=1S/C7H17N3.C2H6/c1-9-6-10-4-2-7(8)3-5-10;1-2/h7,9H,2-6,8H2,1H3;1-2H3. The molecule has 0 saturated carbocycles. The monoisotopic (exact) mass is 173 g/mol. The zero-order valence-corrected chi connectivity index (χ0v) is 8.64. The number of piperidine rings is 1. The Morgan fingerprint density at radius 1 is 1.33 bits per heavy atom. The molecule has 0 atom stereocenters. The molecule has 1 aliphatic rings. The molecule has 1 rings (SSSR count). The SMILES string of the molecule is CC.CNCN1CCC(N)CC1. The first-order valence-corrected chi connectivity index (χ1v) is 4.95. The molecule has 0 amide bonds. The summed E-state index contributed by atoms with van der Waals surface area (Å²) in [6.07, 6.45) is 2.31. The fraction of sp³-hybridized carbons (Fsp3) is 1.00. The van der Waals surface area contributed by atoms with Gasteiger partial charge < -0.3 is 11.1 Å². The van der Waals surface area contributed by atoms with Crippen molar-refractivity contribution in [2.75, 3.05) is 26.8 Å². The van der Waals surface area contributed by atoms with Gasteiger partial charge in [-0.3, -0.25) is 4.90 Å². The second kappa shape index (κ2) is 7.53. The van der Waals surface area contributed by atoms with E-state index in [0.29, 0.717) is 6.04 Å². The molecule has 0 aromatic heterocycles. The van der Waals surface area contributed by atoms with E-state index in [2.05, 4.69) is 10.2 Å². The Kier molecular flexibility index (Phi) is 7.45. The largest absolute Gasteiger partial charge is 0.328 e. The van der Waals surface area contributed by atoms with Gasteiger partial charge in [0.15, 0.2) is 0 Å². The summed E-state index contributed by atoms with van der Waals surface area (Å²) in [5.74, 6) is 0. The third-order valence-electron chi connectivity index (χ3n) is 2.01. The van der Waals surface area contributed by atoms with Crippen LogP contribution in [-0.4, -0.2) is 37.7 Å². The van der Waals surface area contributed by atoms with Crippen LogP contribution >= 0.6 is 0 Å². The molecular formula is C9H23N3. The van der Waals surface area contributed by atoms with E-state index in [9.17, 15) is 0 Å². The van der Waals surface area contributed by atoms with Gasteiger partial charge in [-0.25, -0.2) is 0 Å². The van der Waals surface area contributed by atoms with E-state index in [0.717, 1.165) is 32.6 Å². The smallest absolute Gasteiger partial charge is 0.0478 e. The van der Waals surface area contributed by atoms with Crippen molar-refractivity contribution in [1.29, 1.82) is 0 Å². The number of nitrogens with one attached hydrogen (secondary N) is 1. The Labute approximate surface area is 76.3 Å². The second-order valence-corrected chi connectivity index (χ2v) is 2.97. The number of nitrogens with zero attached hydrogens (tertiary/aromatic N) is 1. The van der Waals surface area contributed by atoms with Crippen molar-refractivity contribution >= 4 is 0 Å². The summed E-state index contributed by atoms with van der Waals surface area (Å²) in [5.41, 5.74) is 5.75. The minimum absolute atomic E-state index is 0.452. The quantitative estimate of drug-likeness (QED) is 0.643. The van der Waals surface area contributed by atoms with Crippen molar-refractivity contribution in [3.63, 3.8) is 0 Å². The highest BCUT2D eigenvalue weighted by molar-refractivity contribution is 4.72. The maximum atomic E-state index is 5.75. The van der Waals surface area contributed by atoms with Crippen LogP contribution in [0.4, 0.5) is 0 Å². The Balaban J connectivity index is 0.000000561. The van der Waals surface area contributed by atoms with Crippen LogP contribution in [0.3, 0.4) is 0 Å². The minimum atomic E-state index is 0.452. The summed E-state index contributed by atoms with van der Waals surface area (Å²) in [4.78, 5) is 2.39. The Bertz CT molecular complexity index is 87.8. The third kappa shape index (κ3) is 4.70. The summed E-state index contributed by atoms with van der Waals surface area (Å²) >= 11 is 0. The molecular weight excluding hydrogens is 150 g/mol. The van der Waals surface area contributed by atoms with Crippen LogP contribution in [0.2, 0.25) is 0 Å². The first kappa shape index (κ1) is 11.9. The molecule has 0 unspecified atom stereocenters. The van der Waals surface area contributed by atoms with Gasteiger partial charge in [0.1, 0.15) is 0 Å².